The minimum absolute atomic E-state index is 0.0498. The molecule has 1 aromatic rings. The Hall–Kier alpha value is -2.74. The van der Waals surface area contributed by atoms with Gasteiger partial charge >= 0.3 is 0 Å². The van der Waals surface area contributed by atoms with Crippen molar-refractivity contribution in [2.24, 2.45) is 23.7 Å². The number of rotatable bonds is 4. The Morgan fingerprint density at radius 1 is 1.03 bits per heavy atom. The minimum atomic E-state index is -0.415. The van der Waals surface area contributed by atoms with Gasteiger partial charge in [-0.2, -0.15) is 0 Å². The number of piperazine rings is 1. The number of fused-ring (bicyclic) bond motifs is 5. The molecule has 2 saturated heterocycles. The molecule has 4 unspecified atom stereocenters. The van der Waals surface area contributed by atoms with Gasteiger partial charge in [-0.05, 0) is 36.9 Å². The molecule has 8 heteroatoms. The summed E-state index contributed by atoms with van der Waals surface area (Å²) in [4.78, 5) is 42.9. The number of imide groups is 1. The van der Waals surface area contributed by atoms with Gasteiger partial charge in [-0.25, -0.2) is 4.90 Å². The van der Waals surface area contributed by atoms with Crippen molar-refractivity contribution in [2.45, 2.75) is 13.3 Å². The predicted molar refractivity (Wildman–Crippen MR) is 108 cm³/mol. The van der Waals surface area contributed by atoms with Gasteiger partial charge in [0.2, 0.25) is 11.8 Å². The molecule has 8 nitrogen and oxygen atoms in total. The average Bonchev–Trinajstić information content (AvgIpc) is 3.41. The molecule has 4 atom stereocenters. The van der Waals surface area contributed by atoms with Crippen LogP contribution in [0, 0.1) is 33.8 Å². The number of hydrogen-bond donors (Lipinski definition) is 0. The van der Waals surface area contributed by atoms with Gasteiger partial charge in [0.1, 0.15) is 5.69 Å². The number of likely N-dealkylation sites (N-methyl/N-ethyl adjacent to an activating group) is 1. The highest BCUT2D eigenvalue weighted by Gasteiger charge is 2.59. The number of hydrogen-bond acceptors (Lipinski definition) is 6. The van der Waals surface area contributed by atoms with Crippen molar-refractivity contribution in [3.8, 4) is 0 Å². The third kappa shape index (κ3) is 2.69. The van der Waals surface area contributed by atoms with Crippen molar-refractivity contribution in [3.63, 3.8) is 0 Å². The number of carbonyl (C=O) groups excluding carboxylic acids is 2. The molecule has 3 fully saturated rings. The van der Waals surface area contributed by atoms with Gasteiger partial charge in [0, 0.05) is 32.2 Å². The van der Waals surface area contributed by atoms with Crippen LogP contribution in [0.1, 0.15) is 13.3 Å². The third-order valence-corrected chi connectivity index (χ3v) is 7.04. The van der Waals surface area contributed by atoms with Gasteiger partial charge < -0.3 is 9.80 Å². The van der Waals surface area contributed by atoms with Gasteiger partial charge in [0.05, 0.1) is 22.4 Å². The van der Waals surface area contributed by atoms with Crippen LogP contribution in [0.2, 0.25) is 0 Å². The molecule has 2 aliphatic heterocycles. The van der Waals surface area contributed by atoms with Crippen molar-refractivity contribution in [1.29, 1.82) is 0 Å². The molecule has 5 rings (SSSR count). The molecule has 0 N–H and O–H groups in total. The van der Waals surface area contributed by atoms with E-state index in [1.807, 2.05) is 17.1 Å². The average molecular weight is 396 g/mol. The molecule has 2 amide bonds. The molecular weight excluding hydrogens is 372 g/mol. The molecule has 1 aromatic carbocycles. The lowest BCUT2D eigenvalue weighted by atomic mass is 9.85. The largest absolute Gasteiger partial charge is 0.363 e. The second kappa shape index (κ2) is 6.66. The maximum atomic E-state index is 13.0. The monoisotopic (exact) mass is 396 g/mol. The third-order valence-electron chi connectivity index (χ3n) is 7.04. The fourth-order valence-corrected chi connectivity index (χ4v) is 5.53. The summed E-state index contributed by atoms with van der Waals surface area (Å²) in [5.41, 5.74) is 0.818. The fourth-order valence-electron chi connectivity index (χ4n) is 5.53. The van der Waals surface area contributed by atoms with E-state index in [9.17, 15) is 19.7 Å². The molecule has 2 aliphatic carbocycles. The van der Waals surface area contributed by atoms with Crippen LogP contribution in [0.3, 0.4) is 0 Å². The predicted octanol–water partition coefficient (Wildman–Crippen LogP) is 2.05. The first kappa shape index (κ1) is 18.3. The highest BCUT2D eigenvalue weighted by atomic mass is 16.6. The topological polar surface area (TPSA) is 87.0 Å². The van der Waals surface area contributed by atoms with Crippen molar-refractivity contribution in [2.75, 3.05) is 42.5 Å². The zero-order valence-electron chi connectivity index (χ0n) is 16.4. The SMILES string of the molecule is CCN1CCN(c2ccc(N3C(=O)C4C5C=CC(C5)C4C3=O)cc2[N+](=O)[O-])CC1. The molecule has 2 bridgehead atoms. The van der Waals surface area contributed by atoms with Crippen molar-refractivity contribution in [1.82, 2.24) is 4.90 Å². The van der Waals surface area contributed by atoms with Crippen LogP contribution >= 0.6 is 0 Å². The van der Waals surface area contributed by atoms with Crippen LogP contribution in [0.15, 0.2) is 30.4 Å². The summed E-state index contributed by atoms with van der Waals surface area (Å²) in [6, 6.07) is 4.77. The zero-order valence-corrected chi connectivity index (χ0v) is 16.4. The Morgan fingerprint density at radius 3 is 2.21 bits per heavy atom. The summed E-state index contributed by atoms with van der Waals surface area (Å²) in [6.45, 7) is 6.22. The van der Waals surface area contributed by atoms with Gasteiger partial charge in [-0.15, -0.1) is 0 Å². The minimum Gasteiger partial charge on any atom is -0.363 e. The Kier molecular flexibility index (Phi) is 4.20. The quantitative estimate of drug-likeness (QED) is 0.335. The standard InChI is InChI=1S/C21H24N4O4/c1-2-22-7-9-23(10-8-22)16-6-5-15(12-17(16)25(28)29)24-20(26)18-13-3-4-14(11-13)19(18)21(24)27/h3-6,12-14,18-19H,2,7-11H2,1H3. The number of nitro benzene ring substituents is 1. The van der Waals surface area contributed by atoms with Gasteiger partial charge in [-0.1, -0.05) is 19.1 Å². The molecule has 4 aliphatic rings. The summed E-state index contributed by atoms with van der Waals surface area (Å²) in [5.74, 6) is -0.797. The van der Waals surface area contributed by atoms with Crippen LogP contribution in [0.5, 0.6) is 0 Å². The molecule has 0 aromatic heterocycles. The normalized spacial score (nSPS) is 31.1. The van der Waals surface area contributed by atoms with Crippen LogP contribution in [-0.2, 0) is 9.59 Å². The molecule has 2 heterocycles. The summed E-state index contributed by atoms with van der Waals surface area (Å²) >= 11 is 0. The lowest BCUT2D eigenvalue weighted by Gasteiger charge is -2.35. The van der Waals surface area contributed by atoms with Gasteiger partial charge in [0.25, 0.3) is 5.69 Å². The van der Waals surface area contributed by atoms with E-state index in [2.05, 4.69) is 11.8 Å². The summed E-state index contributed by atoms with van der Waals surface area (Å²) < 4.78 is 0. The number of anilines is 2. The molecule has 0 spiro atoms. The summed E-state index contributed by atoms with van der Waals surface area (Å²) in [7, 11) is 0. The highest BCUT2D eigenvalue weighted by Crippen LogP contribution is 2.53. The van der Waals surface area contributed by atoms with Crippen LogP contribution in [0.25, 0.3) is 0 Å². The maximum Gasteiger partial charge on any atom is 0.294 e. The summed E-state index contributed by atoms with van der Waals surface area (Å²) in [5, 5.41) is 11.8. The van der Waals surface area contributed by atoms with E-state index in [0.29, 0.717) is 11.4 Å². The number of benzene rings is 1. The second-order valence-electron chi connectivity index (χ2n) is 8.36. The van der Waals surface area contributed by atoms with Crippen molar-refractivity contribution >= 4 is 28.9 Å². The smallest absolute Gasteiger partial charge is 0.294 e. The summed E-state index contributed by atoms with van der Waals surface area (Å²) in [6.07, 6.45) is 4.95. The lowest BCUT2D eigenvalue weighted by Crippen LogP contribution is -2.46. The van der Waals surface area contributed by atoms with E-state index in [-0.39, 0.29) is 41.2 Å². The van der Waals surface area contributed by atoms with Crippen molar-refractivity contribution in [3.05, 3.63) is 40.5 Å². The Bertz CT molecular complexity index is 891. The molecular formula is C21H24N4O4. The number of carbonyl (C=O) groups is 2. The Balaban J connectivity index is 1.45. The molecule has 152 valence electrons. The maximum absolute atomic E-state index is 13.0. The van der Waals surface area contributed by atoms with E-state index in [1.54, 1.807) is 12.1 Å². The van der Waals surface area contributed by atoms with Crippen molar-refractivity contribution < 1.29 is 14.5 Å². The molecule has 0 radical (unpaired) electrons. The van der Waals surface area contributed by atoms with Crippen LogP contribution < -0.4 is 9.80 Å². The zero-order chi connectivity index (χ0) is 20.3. The molecule has 1 saturated carbocycles. The lowest BCUT2D eigenvalue weighted by molar-refractivity contribution is -0.384. The van der Waals surface area contributed by atoms with Gasteiger partial charge in [0.15, 0.2) is 0 Å². The van der Waals surface area contributed by atoms with Crippen LogP contribution in [-0.4, -0.2) is 54.4 Å². The number of nitrogens with zero attached hydrogens (tertiary/aromatic N) is 4. The first-order chi connectivity index (χ1) is 14.0. The first-order valence-electron chi connectivity index (χ1n) is 10.3. The van der Waals surface area contributed by atoms with E-state index in [1.165, 1.54) is 11.0 Å². The van der Waals surface area contributed by atoms with Crippen LogP contribution in [0.4, 0.5) is 17.1 Å². The number of allylic oxidation sites excluding steroid dienone is 2. The fraction of sp³-hybridized carbons (Fsp3) is 0.524. The number of amides is 2. The van der Waals surface area contributed by atoms with E-state index < -0.39 is 4.92 Å². The van der Waals surface area contributed by atoms with E-state index in [4.69, 9.17) is 0 Å². The van der Waals surface area contributed by atoms with E-state index in [0.717, 1.165) is 39.1 Å². The highest BCUT2D eigenvalue weighted by molar-refractivity contribution is 6.23. The number of nitro groups is 1. The van der Waals surface area contributed by atoms with E-state index >= 15 is 0 Å². The molecule has 29 heavy (non-hydrogen) atoms. The first-order valence-corrected chi connectivity index (χ1v) is 10.3. The van der Waals surface area contributed by atoms with Gasteiger partial charge in [-0.3, -0.25) is 19.7 Å². The Morgan fingerprint density at radius 2 is 1.66 bits per heavy atom. The Labute approximate surface area is 168 Å². The second-order valence-corrected chi connectivity index (χ2v) is 8.36.